The molecule has 1 rings (SSSR count). The van der Waals surface area contributed by atoms with Crippen LogP contribution in [0.3, 0.4) is 0 Å². The average Bonchev–Trinajstić information content (AvgIpc) is 2.28. The molecule has 4 nitrogen and oxygen atoms in total. The SMILES string of the molecule is CONCc1c(Br)ccc(OC)c1OC(C)C. The molecule has 0 atom stereocenters. The topological polar surface area (TPSA) is 39.7 Å². The maximum Gasteiger partial charge on any atom is 0.167 e. The number of nitrogens with one attached hydrogen (secondary N) is 1. The zero-order valence-corrected chi connectivity index (χ0v) is 12.1. The maximum atomic E-state index is 5.79. The molecule has 1 N–H and O–H groups in total. The first kappa shape index (κ1) is 14.3. The van der Waals surface area contributed by atoms with Crippen molar-refractivity contribution >= 4 is 15.9 Å². The molecule has 0 aliphatic rings. The number of hydroxylamine groups is 1. The highest BCUT2D eigenvalue weighted by molar-refractivity contribution is 9.10. The van der Waals surface area contributed by atoms with Crippen LogP contribution in [0.2, 0.25) is 0 Å². The molecule has 17 heavy (non-hydrogen) atoms. The number of ether oxygens (including phenoxy) is 2. The smallest absolute Gasteiger partial charge is 0.167 e. The highest BCUT2D eigenvalue weighted by Crippen LogP contribution is 2.36. The summed E-state index contributed by atoms with van der Waals surface area (Å²) in [7, 11) is 3.21. The summed E-state index contributed by atoms with van der Waals surface area (Å²) in [4.78, 5) is 4.87. The maximum absolute atomic E-state index is 5.79. The van der Waals surface area contributed by atoms with Gasteiger partial charge in [-0.3, -0.25) is 0 Å². The molecule has 1 aromatic carbocycles. The first-order valence-corrected chi connectivity index (χ1v) is 6.17. The van der Waals surface area contributed by atoms with Crippen molar-refractivity contribution in [3.63, 3.8) is 0 Å². The molecule has 0 fully saturated rings. The number of hydrogen-bond acceptors (Lipinski definition) is 4. The van der Waals surface area contributed by atoms with E-state index < -0.39 is 0 Å². The molecular formula is C12H18BrNO3. The molecule has 96 valence electrons. The van der Waals surface area contributed by atoms with E-state index in [2.05, 4.69) is 21.4 Å². The van der Waals surface area contributed by atoms with Crippen LogP contribution in [0.1, 0.15) is 19.4 Å². The summed E-state index contributed by atoms with van der Waals surface area (Å²) in [6.45, 7) is 4.50. The van der Waals surface area contributed by atoms with E-state index in [1.165, 1.54) is 0 Å². The summed E-state index contributed by atoms with van der Waals surface area (Å²) in [5.41, 5.74) is 3.78. The number of rotatable bonds is 6. The number of hydrogen-bond donors (Lipinski definition) is 1. The first-order chi connectivity index (χ1) is 8.10. The van der Waals surface area contributed by atoms with Gasteiger partial charge in [-0.15, -0.1) is 0 Å². The molecule has 5 heteroatoms. The van der Waals surface area contributed by atoms with Crippen LogP contribution in [0.5, 0.6) is 11.5 Å². The van der Waals surface area contributed by atoms with Crippen molar-refractivity contribution in [2.75, 3.05) is 14.2 Å². The lowest BCUT2D eigenvalue weighted by Gasteiger charge is -2.18. The van der Waals surface area contributed by atoms with Crippen LogP contribution in [0.4, 0.5) is 0 Å². The van der Waals surface area contributed by atoms with Crippen molar-refractivity contribution < 1.29 is 14.3 Å². The van der Waals surface area contributed by atoms with Gasteiger partial charge in [0.2, 0.25) is 0 Å². The van der Waals surface area contributed by atoms with Gasteiger partial charge < -0.3 is 14.3 Å². The molecule has 0 saturated heterocycles. The Hall–Kier alpha value is -0.780. The van der Waals surface area contributed by atoms with E-state index in [4.69, 9.17) is 14.3 Å². The van der Waals surface area contributed by atoms with Crippen molar-refractivity contribution in [3.8, 4) is 11.5 Å². The van der Waals surface area contributed by atoms with Gasteiger partial charge in [0.1, 0.15) is 0 Å². The second-order valence-electron chi connectivity index (χ2n) is 3.75. The van der Waals surface area contributed by atoms with Crippen LogP contribution in [0.25, 0.3) is 0 Å². The molecule has 0 radical (unpaired) electrons. The molecule has 0 amide bonds. The summed E-state index contributed by atoms with van der Waals surface area (Å²) >= 11 is 3.50. The predicted octanol–water partition coefficient (Wildman–Crippen LogP) is 2.90. The zero-order valence-electron chi connectivity index (χ0n) is 10.5. The number of halogens is 1. The molecule has 1 aromatic rings. The molecule has 0 spiro atoms. The van der Waals surface area contributed by atoms with Gasteiger partial charge in [0.15, 0.2) is 11.5 Å². The van der Waals surface area contributed by atoms with Crippen molar-refractivity contribution in [3.05, 3.63) is 22.2 Å². The Labute approximate surface area is 110 Å². The fraction of sp³-hybridized carbons (Fsp3) is 0.500. The average molecular weight is 304 g/mol. The van der Waals surface area contributed by atoms with E-state index in [0.717, 1.165) is 21.5 Å². The normalized spacial score (nSPS) is 10.7. The van der Waals surface area contributed by atoms with E-state index in [9.17, 15) is 0 Å². The fourth-order valence-electron chi connectivity index (χ4n) is 1.42. The molecule has 0 heterocycles. The van der Waals surface area contributed by atoms with Crippen LogP contribution < -0.4 is 15.0 Å². The van der Waals surface area contributed by atoms with Gasteiger partial charge >= 0.3 is 0 Å². The standard InChI is InChI=1S/C12H18BrNO3/c1-8(2)17-12-9(7-14-16-4)10(13)5-6-11(12)15-3/h5-6,8,14H,7H2,1-4H3. The third-order valence-electron chi connectivity index (χ3n) is 2.13. The Morgan fingerprint density at radius 3 is 2.53 bits per heavy atom. The highest BCUT2D eigenvalue weighted by atomic mass is 79.9. The van der Waals surface area contributed by atoms with E-state index >= 15 is 0 Å². The van der Waals surface area contributed by atoms with Crippen LogP contribution in [-0.4, -0.2) is 20.3 Å². The summed E-state index contributed by atoms with van der Waals surface area (Å²) in [6, 6.07) is 3.80. The van der Waals surface area contributed by atoms with Gasteiger partial charge in [0, 0.05) is 10.0 Å². The first-order valence-electron chi connectivity index (χ1n) is 5.38. The zero-order chi connectivity index (χ0) is 12.8. The number of methoxy groups -OCH3 is 1. The Morgan fingerprint density at radius 1 is 1.29 bits per heavy atom. The Kier molecular flexibility index (Phi) is 5.74. The van der Waals surface area contributed by atoms with E-state index in [0.29, 0.717) is 6.54 Å². The third kappa shape index (κ3) is 3.87. The van der Waals surface area contributed by atoms with E-state index in [1.807, 2.05) is 26.0 Å². The van der Waals surface area contributed by atoms with Crippen molar-refractivity contribution in [2.45, 2.75) is 26.5 Å². The fourth-order valence-corrected chi connectivity index (χ4v) is 1.87. The Balaban J connectivity index is 3.11. The quantitative estimate of drug-likeness (QED) is 0.820. The minimum absolute atomic E-state index is 0.0829. The van der Waals surface area contributed by atoms with Gasteiger partial charge in [-0.1, -0.05) is 15.9 Å². The van der Waals surface area contributed by atoms with Crippen molar-refractivity contribution in [1.29, 1.82) is 0 Å². The second-order valence-corrected chi connectivity index (χ2v) is 4.60. The molecule has 0 aliphatic carbocycles. The van der Waals surface area contributed by atoms with Gasteiger partial charge in [0.05, 0.1) is 26.9 Å². The Bertz CT molecular complexity index is 369. The number of benzene rings is 1. The van der Waals surface area contributed by atoms with Crippen LogP contribution in [-0.2, 0) is 11.4 Å². The lowest BCUT2D eigenvalue weighted by atomic mass is 10.2. The van der Waals surface area contributed by atoms with E-state index in [1.54, 1.807) is 14.2 Å². The minimum atomic E-state index is 0.0829. The monoisotopic (exact) mass is 303 g/mol. The summed E-state index contributed by atoms with van der Waals surface area (Å²) in [5.74, 6) is 1.45. The minimum Gasteiger partial charge on any atom is -0.493 e. The van der Waals surface area contributed by atoms with Crippen molar-refractivity contribution in [1.82, 2.24) is 5.48 Å². The predicted molar refractivity (Wildman–Crippen MR) is 70.3 cm³/mol. The summed E-state index contributed by atoms with van der Waals surface area (Å²) < 4.78 is 12.1. The molecule has 0 aliphatic heterocycles. The Morgan fingerprint density at radius 2 is 2.00 bits per heavy atom. The van der Waals surface area contributed by atoms with Crippen LogP contribution >= 0.6 is 15.9 Å². The lowest BCUT2D eigenvalue weighted by molar-refractivity contribution is 0.0852. The van der Waals surface area contributed by atoms with Gasteiger partial charge in [-0.25, -0.2) is 0 Å². The van der Waals surface area contributed by atoms with Crippen LogP contribution in [0, 0.1) is 0 Å². The highest BCUT2D eigenvalue weighted by Gasteiger charge is 2.15. The lowest BCUT2D eigenvalue weighted by Crippen LogP contribution is -2.15. The summed E-state index contributed by atoms with van der Waals surface area (Å²) in [6.07, 6.45) is 0.0829. The second kappa shape index (κ2) is 6.83. The molecular weight excluding hydrogens is 286 g/mol. The van der Waals surface area contributed by atoms with Gasteiger partial charge in [0.25, 0.3) is 0 Å². The van der Waals surface area contributed by atoms with Gasteiger partial charge in [-0.05, 0) is 26.0 Å². The molecule has 0 bridgehead atoms. The molecule has 0 unspecified atom stereocenters. The third-order valence-corrected chi connectivity index (χ3v) is 2.88. The van der Waals surface area contributed by atoms with Crippen molar-refractivity contribution in [2.24, 2.45) is 0 Å². The van der Waals surface area contributed by atoms with Gasteiger partial charge in [-0.2, -0.15) is 5.48 Å². The summed E-state index contributed by atoms with van der Waals surface area (Å²) in [5, 5.41) is 0. The molecule has 0 aromatic heterocycles. The van der Waals surface area contributed by atoms with Crippen LogP contribution in [0.15, 0.2) is 16.6 Å². The largest absolute Gasteiger partial charge is 0.493 e. The molecule has 0 saturated carbocycles. The van der Waals surface area contributed by atoms with E-state index in [-0.39, 0.29) is 6.10 Å².